The lowest BCUT2D eigenvalue weighted by molar-refractivity contribution is -0.137. The molecule has 2 aromatic heterocycles. The molecule has 0 bridgehead atoms. The van der Waals surface area contributed by atoms with Crippen molar-refractivity contribution in [1.82, 2.24) is 14.8 Å². The van der Waals surface area contributed by atoms with Crippen molar-refractivity contribution in [2.24, 2.45) is 5.92 Å². The maximum absolute atomic E-state index is 12.8. The fraction of sp³-hybridized carbons (Fsp3) is 0.393. The first kappa shape index (κ1) is 24.5. The minimum atomic E-state index is -0.920. The summed E-state index contributed by atoms with van der Waals surface area (Å²) in [5.41, 5.74) is 5.62. The molecule has 5 rings (SSSR count). The van der Waals surface area contributed by atoms with E-state index in [9.17, 15) is 9.59 Å². The summed E-state index contributed by atoms with van der Waals surface area (Å²) in [6.45, 7) is 1.34. The lowest BCUT2D eigenvalue weighted by Gasteiger charge is -2.21. The van der Waals surface area contributed by atoms with Crippen molar-refractivity contribution in [1.29, 1.82) is 0 Å². The van der Waals surface area contributed by atoms with E-state index in [-0.39, 0.29) is 12.1 Å². The molecular formula is C28H30ClN3O4. The predicted molar refractivity (Wildman–Crippen MR) is 138 cm³/mol. The van der Waals surface area contributed by atoms with Crippen LogP contribution in [-0.2, 0) is 28.9 Å². The molecule has 1 aliphatic carbocycles. The van der Waals surface area contributed by atoms with E-state index >= 15 is 0 Å². The molecule has 3 heterocycles. The Hall–Kier alpha value is -3.16. The lowest BCUT2D eigenvalue weighted by Crippen LogP contribution is -2.16. The number of nitrogens with zero attached hydrogens (tertiary/aromatic N) is 2. The van der Waals surface area contributed by atoms with E-state index in [0.717, 1.165) is 72.4 Å². The molecule has 0 atom stereocenters. The van der Waals surface area contributed by atoms with Crippen LogP contribution >= 0.6 is 11.6 Å². The Labute approximate surface area is 214 Å². The highest BCUT2D eigenvalue weighted by Crippen LogP contribution is 2.38. The van der Waals surface area contributed by atoms with Gasteiger partial charge >= 0.3 is 5.97 Å². The molecule has 188 valence electrons. The number of pyridine rings is 1. The van der Waals surface area contributed by atoms with Gasteiger partial charge in [0.05, 0.1) is 6.20 Å². The zero-order valence-electron chi connectivity index (χ0n) is 20.1. The number of benzene rings is 1. The van der Waals surface area contributed by atoms with Crippen molar-refractivity contribution in [3.63, 3.8) is 0 Å². The molecule has 1 saturated heterocycles. The zero-order chi connectivity index (χ0) is 25.1. The van der Waals surface area contributed by atoms with Crippen LogP contribution in [0.4, 0.5) is 0 Å². The maximum atomic E-state index is 12.8. The molecule has 36 heavy (non-hydrogen) atoms. The fourth-order valence-electron chi connectivity index (χ4n) is 4.77. The summed E-state index contributed by atoms with van der Waals surface area (Å²) in [7, 11) is 0. The minimum Gasteiger partial charge on any atom is -0.480 e. The summed E-state index contributed by atoms with van der Waals surface area (Å²) in [5, 5.41) is 13.7. The van der Waals surface area contributed by atoms with Gasteiger partial charge in [-0.25, -0.2) is 0 Å². The second kappa shape index (κ2) is 10.8. The van der Waals surface area contributed by atoms with Gasteiger partial charge in [-0.2, -0.15) is 5.10 Å². The number of H-pyrrole nitrogens is 1. The molecule has 1 saturated carbocycles. The van der Waals surface area contributed by atoms with Gasteiger partial charge in [-0.3, -0.25) is 14.3 Å². The van der Waals surface area contributed by atoms with Gasteiger partial charge in [0.15, 0.2) is 0 Å². The lowest BCUT2D eigenvalue weighted by atomic mass is 9.91. The van der Waals surface area contributed by atoms with E-state index in [1.54, 1.807) is 12.4 Å². The number of carboxylic acids is 1. The van der Waals surface area contributed by atoms with Crippen LogP contribution in [0.2, 0.25) is 5.02 Å². The molecule has 2 N–H and O–H groups in total. The molecule has 3 aromatic rings. The molecular weight excluding hydrogens is 478 g/mol. The number of carbonyl (C=O) groups is 1. The third-order valence-corrected chi connectivity index (χ3v) is 7.30. The maximum Gasteiger partial charge on any atom is 0.325 e. The molecule has 2 fully saturated rings. The molecule has 0 amide bonds. The average Bonchev–Trinajstić information content (AvgIpc) is 3.61. The third-order valence-electron chi connectivity index (χ3n) is 6.95. The van der Waals surface area contributed by atoms with Crippen molar-refractivity contribution < 1.29 is 14.6 Å². The van der Waals surface area contributed by atoms with Crippen LogP contribution in [0.1, 0.15) is 59.5 Å². The molecule has 0 radical (unpaired) electrons. The van der Waals surface area contributed by atoms with E-state index in [1.807, 2.05) is 24.3 Å². The quantitative estimate of drug-likeness (QED) is 0.432. The standard InChI is InChI=1S/C28H30ClN3O4/c29-25-14-22(6-5-21(25)2-1-19-15-30-32(16-19)17-27(33)34)24(13-18-9-11-36-12-10-18)26-8-7-23(20-3-4-20)28(35)31-26/h5-8,13-16,18,20H,1-4,9-12,17H2,(H,31,35)(H,33,34)/b24-13+. The number of ether oxygens (including phenoxy) is 1. The average molecular weight is 508 g/mol. The Balaban J connectivity index is 1.38. The number of allylic oxidation sites excluding steroid dienone is 1. The molecule has 1 aromatic carbocycles. The second-order valence-corrected chi connectivity index (χ2v) is 10.1. The molecule has 2 aliphatic rings. The molecule has 0 spiro atoms. The highest BCUT2D eigenvalue weighted by atomic mass is 35.5. The van der Waals surface area contributed by atoms with Crippen LogP contribution in [0, 0.1) is 5.92 Å². The number of aliphatic carboxylic acids is 1. The molecule has 1 aliphatic heterocycles. The van der Waals surface area contributed by atoms with Gasteiger partial charge < -0.3 is 14.8 Å². The minimum absolute atomic E-state index is 0.000890. The number of rotatable bonds is 9. The zero-order valence-corrected chi connectivity index (χ0v) is 20.8. The van der Waals surface area contributed by atoms with Gasteiger partial charge in [0, 0.05) is 41.3 Å². The van der Waals surface area contributed by atoms with Crippen LogP contribution < -0.4 is 5.56 Å². The molecule has 7 nitrogen and oxygen atoms in total. The van der Waals surface area contributed by atoms with E-state index in [1.165, 1.54) is 4.68 Å². The van der Waals surface area contributed by atoms with Crippen LogP contribution in [0.15, 0.2) is 53.6 Å². The van der Waals surface area contributed by atoms with Crippen LogP contribution in [0.25, 0.3) is 5.57 Å². The summed E-state index contributed by atoms with van der Waals surface area (Å²) in [6.07, 6.45) is 11.2. The van der Waals surface area contributed by atoms with Crippen LogP contribution in [-0.4, -0.2) is 39.1 Å². The Morgan fingerprint density at radius 1 is 1.17 bits per heavy atom. The Bertz CT molecular complexity index is 1330. The summed E-state index contributed by atoms with van der Waals surface area (Å²) in [4.78, 5) is 26.8. The Morgan fingerprint density at radius 2 is 1.97 bits per heavy atom. The highest BCUT2D eigenvalue weighted by Gasteiger charge is 2.26. The van der Waals surface area contributed by atoms with Gasteiger partial charge in [-0.05, 0) is 79.2 Å². The van der Waals surface area contributed by atoms with Crippen molar-refractivity contribution in [2.75, 3.05) is 13.2 Å². The van der Waals surface area contributed by atoms with Gasteiger partial charge in [-0.1, -0.05) is 35.9 Å². The number of aromatic amines is 1. The first-order valence-electron chi connectivity index (χ1n) is 12.5. The summed E-state index contributed by atoms with van der Waals surface area (Å²) < 4.78 is 6.96. The second-order valence-electron chi connectivity index (χ2n) is 9.71. The fourth-order valence-corrected chi connectivity index (χ4v) is 5.05. The summed E-state index contributed by atoms with van der Waals surface area (Å²) >= 11 is 6.73. The summed E-state index contributed by atoms with van der Waals surface area (Å²) in [6, 6.07) is 10.1. The van der Waals surface area contributed by atoms with Gasteiger partial charge in [0.2, 0.25) is 0 Å². The number of aromatic nitrogens is 3. The topological polar surface area (TPSA) is 97.2 Å². The number of aryl methyl sites for hydroxylation is 2. The van der Waals surface area contributed by atoms with Gasteiger partial charge in [0.1, 0.15) is 6.54 Å². The van der Waals surface area contributed by atoms with E-state index in [2.05, 4.69) is 22.2 Å². The molecule has 8 heteroatoms. The number of hydrogen-bond acceptors (Lipinski definition) is 4. The highest BCUT2D eigenvalue weighted by molar-refractivity contribution is 6.31. The van der Waals surface area contributed by atoms with Gasteiger partial charge in [-0.15, -0.1) is 0 Å². The number of carboxylic acid groups (broad SMARTS) is 1. The van der Waals surface area contributed by atoms with Crippen molar-refractivity contribution in [3.8, 4) is 0 Å². The SMILES string of the molecule is O=C(O)Cn1cc(CCc2ccc(/C(=C\C3CCOCC3)c3ccc(C4CC4)c(=O)[nH]3)cc2Cl)cn1. The van der Waals surface area contributed by atoms with E-state index in [4.69, 9.17) is 21.4 Å². The van der Waals surface area contributed by atoms with Crippen molar-refractivity contribution >= 4 is 23.1 Å². The van der Waals surface area contributed by atoms with Crippen molar-refractivity contribution in [3.05, 3.63) is 92.1 Å². The first-order chi connectivity index (χ1) is 17.5. The van der Waals surface area contributed by atoms with Gasteiger partial charge in [0.25, 0.3) is 5.56 Å². The van der Waals surface area contributed by atoms with Crippen LogP contribution in [0.5, 0.6) is 0 Å². The summed E-state index contributed by atoms with van der Waals surface area (Å²) in [5.74, 6) is -0.145. The first-order valence-corrected chi connectivity index (χ1v) is 12.9. The normalized spacial score (nSPS) is 16.9. The largest absolute Gasteiger partial charge is 0.480 e. The number of nitrogens with one attached hydrogen (secondary N) is 1. The van der Waals surface area contributed by atoms with E-state index in [0.29, 0.717) is 29.7 Å². The number of hydrogen-bond donors (Lipinski definition) is 2. The number of halogens is 1. The predicted octanol–water partition coefficient (Wildman–Crippen LogP) is 4.83. The smallest absolute Gasteiger partial charge is 0.325 e. The van der Waals surface area contributed by atoms with Crippen LogP contribution in [0.3, 0.4) is 0 Å². The monoisotopic (exact) mass is 507 g/mol. The van der Waals surface area contributed by atoms with Crippen molar-refractivity contribution in [2.45, 2.75) is 51.0 Å². The van der Waals surface area contributed by atoms with E-state index < -0.39 is 5.97 Å². The molecule has 0 unspecified atom stereocenters. The third kappa shape index (κ3) is 5.97. The Morgan fingerprint density at radius 3 is 2.67 bits per heavy atom. The Kier molecular flexibility index (Phi) is 7.39.